The van der Waals surface area contributed by atoms with E-state index in [1.807, 2.05) is 19.1 Å². The standard InChI is InChI=1S/C19H16ClN3O3S/c1-12-4-5-14(20)7-16(12)23-17(24)10-26-18(25)8-15-11-27-19(22-15)13-3-2-6-21-9-13/h2-7,9,11H,8,10H2,1H3,(H,23,24). The lowest BCUT2D eigenvalue weighted by molar-refractivity contribution is -0.146. The van der Waals surface area contributed by atoms with Gasteiger partial charge in [0.1, 0.15) is 5.01 Å². The minimum absolute atomic E-state index is 0.000233. The first-order chi connectivity index (χ1) is 13.0. The fourth-order valence-corrected chi connectivity index (χ4v) is 3.25. The molecule has 2 heterocycles. The van der Waals surface area contributed by atoms with Crippen LogP contribution in [0.4, 0.5) is 5.69 Å². The average Bonchev–Trinajstić information content (AvgIpc) is 3.12. The number of hydrogen-bond donors (Lipinski definition) is 1. The predicted molar refractivity (Wildman–Crippen MR) is 105 cm³/mol. The lowest BCUT2D eigenvalue weighted by atomic mass is 10.2. The van der Waals surface area contributed by atoms with E-state index in [2.05, 4.69) is 15.3 Å². The molecule has 138 valence electrons. The molecule has 1 amide bonds. The van der Waals surface area contributed by atoms with Crippen LogP contribution in [0.25, 0.3) is 10.6 Å². The molecule has 0 unspecified atom stereocenters. The van der Waals surface area contributed by atoms with E-state index >= 15 is 0 Å². The molecule has 0 spiro atoms. The number of thiazole rings is 1. The number of pyridine rings is 1. The van der Waals surface area contributed by atoms with Gasteiger partial charge in [-0.1, -0.05) is 17.7 Å². The van der Waals surface area contributed by atoms with Gasteiger partial charge in [-0.25, -0.2) is 4.98 Å². The Morgan fingerprint density at radius 1 is 1.30 bits per heavy atom. The summed E-state index contributed by atoms with van der Waals surface area (Å²) in [7, 11) is 0. The second kappa shape index (κ2) is 8.75. The summed E-state index contributed by atoms with van der Waals surface area (Å²) in [6.45, 7) is 1.48. The molecule has 6 nitrogen and oxygen atoms in total. The summed E-state index contributed by atoms with van der Waals surface area (Å²) >= 11 is 7.34. The van der Waals surface area contributed by atoms with Gasteiger partial charge in [-0.15, -0.1) is 11.3 Å². The molecule has 3 rings (SSSR count). The lowest BCUT2D eigenvalue weighted by Crippen LogP contribution is -2.22. The molecule has 0 aliphatic rings. The van der Waals surface area contributed by atoms with Crippen molar-refractivity contribution < 1.29 is 14.3 Å². The number of carbonyl (C=O) groups is 2. The zero-order valence-corrected chi connectivity index (χ0v) is 16.0. The van der Waals surface area contributed by atoms with Crippen LogP contribution in [-0.4, -0.2) is 28.5 Å². The second-order valence-electron chi connectivity index (χ2n) is 5.73. The fourth-order valence-electron chi connectivity index (χ4n) is 2.27. The van der Waals surface area contributed by atoms with Gasteiger partial charge in [0.2, 0.25) is 0 Å². The molecular weight excluding hydrogens is 386 g/mol. The topological polar surface area (TPSA) is 81.2 Å². The van der Waals surface area contributed by atoms with E-state index in [1.54, 1.807) is 36.0 Å². The molecule has 0 fully saturated rings. The number of anilines is 1. The van der Waals surface area contributed by atoms with Crippen molar-refractivity contribution in [2.24, 2.45) is 0 Å². The SMILES string of the molecule is Cc1ccc(Cl)cc1NC(=O)COC(=O)Cc1csc(-c2cccnc2)n1. The lowest BCUT2D eigenvalue weighted by Gasteiger charge is -2.09. The highest BCUT2D eigenvalue weighted by atomic mass is 35.5. The van der Waals surface area contributed by atoms with Crippen LogP contribution in [0.15, 0.2) is 48.1 Å². The summed E-state index contributed by atoms with van der Waals surface area (Å²) < 4.78 is 5.03. The molecule has 0 saturated carbocycles. The van der Waals surface area contributed by atoms with Gasteiger partial charge in [-0.3, -0.25) is 14.6 Å². The highest BCUT2D eigenvalue weighted by Crippen LogP contribution is 2.23. The van der Waals surface area contributed by atoms with E-state index in [9.17, 15) is 9.59 Å². The first-order valence-corrected chi connectivity index (χ1v) is 9.33. The monoisotopic (exact) mass is 401 g/mol. The van der Waals surface area contributed by atoms with Gasteiger partial charge in [0, 0.05) is 34.0 Å². The third kappa shape index (κ3) is 5.35. The number of hydrogen-bond acceptors (Lipinski definition) is 6. The summed E-state index contributed by atoms with van der Waals surface area (Å²) in [4.78, 5) is 32.4. The Hall–Kier alpha value is -2.77. The van der Waals surface area contributed by atoms with Gasteiger partial charge in [-0.2, -0.15) is 0 Å². The molecule has 0 saturated heterocycles. The first-order valence-electron chi connectivity index (χ1n) is 8.07. The number of nitrogens with one attached hydrogen (secondary N) is 1. The van der Waals surface area contributed by atoms with E-state index in [0.717, 1.165) is 16.1 Å². The number of carbonyl (C=O) groups excluding carboxylic acids is 2. The van der Waals surface area contributed by atoms with Crippen LogP contribution in [-0.2, 0) is 20.7 Å². The van der Waals surface area contributed by atoms with Crippen molar-refractivity contribution in [3.05, 3.63) is 64.4 Å². The van der Waals surface area contributed by atoms with Gasteiger partial charge in [-0.05, 0) is 36.8 Å². The Morgan fingerprint density at radius 3 is 2.93 bits per heavy atom. The van der Waals surface area contributed by atoms with Crippen molar-refractivity contribution in [2.75, 3.05) is 11.9 Å². The van der Waals surface area contributed by atoms with Crippen LogP contribution >= 0.6 is 22.9 Å². The van der Waals surface area contributed by atoms with Crippen LogP contribution < -0.4 is 5.32 Å². The van der Waals surface area contributed by atoms with Crippen molar-refractivity contribution >= 4 is 40.5 Å². The molecule has 27 heavy (non-hydrogen) atoms. The maximum atomic E-state index is 12.0. The number of amides is 1. The smallest absolute Gasteiger partial charge is 0.312 e. The number of esters is 1. The molecule has 0 aliphatic heterocycles. The molecule has 0 radical (unpaired) electrons. The Bertz CT molecular complexity index is 960. The molecule has 0 atom stereocenters. The fraction of sp³-hybridized carbons (Fsp3) is 0.158. The summed E-state index contributed by atoms with van der Waals surface area (Å²) in [6, 6.07) is 8.90. The van der Waals surface area contributed by atoms with Gasteiger partial charge in [0.15, 0.2) is 6.61 Å². The molecular formula is C19H16ClN3O3S. The van der Waals surface area contributed by atoms with Gasteiger partial charge >= 0.3 is 5.97 Å². The number of benzene rings is 1. The number of aromatic nitrogens is 2. The number of halogens is 1. The summed E-state index contributed by atoms with van der Waals surface area (Å²) in [6.07, 6.45) is 3.40. The first kappa shape index (κ1) is 19.0. The molecule has 0 bridgehead atoms. The normalized spacial score (nSPS) is 10.4. The van der Waals surface area contributed by atoms with Crippen molar-refractivity contribution in [3.63, 3.8) is 0 Å². The third-order valence-corrected chi connectivity index (χ3v) is 4.80. The van der Waals surface area contributed by atoms with Crippen LogP contribution in [0.3, 0.4) is 0 Å². The number of nitrogens with zero attached hydrogens (tertiary/aromatic N) is 2. The Balaban J connectivity index is 1.50. The molecule has 1 N–H and O–H groups in total. The molecule has 3 aromatic rings. The van der Waals surface area contributed by atoms with E-state index in [-0.39, 0.29) is 13.0 Å². The minimum Gasteiger partial charge on any atom is -0.455 e. The summed E-state index contributed by atoms with van der Waals surface area (Å²) in [5.41, 5.74) is 2.93. The largest absolute Gasteiger partial charge is 0.455 e. The maximum Gasteiger partial charge on any atom is 0.312 e. The van der Waals surface area contributed by atoms with Crippen LogP contribution in [0.2, 0.25) is 5.02 Å². The number of rotatable bonds is 6. The third-order valence-electron chi connectivity index (χ3n) is 3.62. The quantitative estimate of drug-likeness (QED) is 0.633. The van der Waals surface area contributed by atoms with Crippen molar-refractivity contribution in [1.29, 1.82) is 0 Å². The Morgan fingerprint density at radius 2 is 2.15 bits per heavy atom. The minimum atomic E-state index is -0.518. The Labute approximate surface area is 165 Å². The number of ether oxygens (including phenoxy) is 1. The Kier molecular flexibility index (Phi) is 6.16. The average molecular weight is 402 g/mol. The van der Waals surface area contributed by atoms with Gasteiger partial charge in [0.25, 0.3) is 5.91 Å². The molecule has 8 heteroatoms. The van der Waals surface area contributed by atoms with Crippen molar-refractivity contribution in [1.82, 2.24) is 9.97 Å². The van der Waals surface area contributed by atoms with Crippen molar-refractivity contribution in [3.8, 4) is 10.6 Å². The maximum absolute atomic E-state index is 12.0. The van der Waals surface area contributed by atoms with E-state index in [0.29, 0.717) is 16.4 Å². The summed E-state index contributed by atoms with van der Waals surface area (Å²) in [5, 5.41) is 5.76. The zero-order chi connectivity index (χ0) is 19.2. The van der Waals surface area contributed by atoms with Crippen LogP contribution in [0.5, 0.6) is 0 Å². The summed E-state index contributed by atoms with van der Waals surface area (Å²) in [5.74, 6) is -0.945. The van der Waals surface area contributed by atoms with E-state index in [1.165, 1.54) is 11.3 Å². The predicted octanol–water partition coefficient (Wildman–Crippen LogP) is 3.89. The van der Waals surface area contributed by atoms with Crippen molar-refractivity contribution in [2.45, 2.75) is 13.3 Å². The molecule has 1 aromatic carbocycles. The highest BCUT2D eigenvalue weighted by Gasteiger charge is 2.13. The highest BCUT2D eigenvalue weighted by molar-refractivity contribution is 7.13. The van der Waals surface area contributed by atoms with Crippen LogP contribution in [0.1, 0.15) is 11.3 Å². The molecule has 2 aromatic heterocycles. The second-order valence-corrected chi connectivity index (χ2v) is 7.03. The zero-order valence-electron chi connectivity index (χ0n) is 14.4. The van der Waals surface area contributed by atoms with E-state index < -0.39 is 11.9 Å². The van der Waals surface area contributed by atoms with Gasteiger partial charge in [0.05, 0.1) is 12.1 Å². The van der Waals surface area contributed by atoms with Gasteiger partial charge < -0.3 is 10.1 Å². The molecule has 0 aliphatic carbocycles. The van der Waals surface area contributed by atoms with E-state index in [4.69, 9.17) is 16.3 Å². The van der Waals surface area contributed by atoms with Crippen LogP contribution in [0, 0.1) is 6.92 Å². The number of aryl methyl sites for hydroxylation is 1.